The first-order valence-corrected chi connectivity index (χ1v) is 14.0. The minimum atomic E-state index is -3.69. The summed E-state index contributed by atoms with van der Waals surface area (Å²) in [6.07, 6.45) is 1.17. The van der Waals surface area contributed by atoms with Crippen LogP contribution in [0.3, 0.4) is 0 Å². The van der Waals surface area contributed by atoms with Crippen LogP contribution < -0.4 is 10.0 Å². The second-order valence-electron chi connectivity index (χ2n) is 9.00. The zero-order chi connectivity index (χ0) is 23.5. The van der Waals surface area contributed by atoms with Gasteiger partial charge < -0.3 is 10.1 Å². The molecule has 2 aliphatic rings. The predicted molar refractivity (Wildman–Crippen MR) is 130 cm³/mol. The summed E-state index contributed by atoms with van der Waals surface area (Å²) in [6.45, 7) is 13.6. The highest BCUT2D eigenvalue weighted by Gasteiger charge is 2.40. The molecule has 1 amide bonds. The van der Waals surface area contributed by atoms with E-state index in [9.17, 15) is 13.2 Å². The maximum atomic E-state index is 13.0. The number of hydrogen-bond donors (Lipinski definition) is 2. The number of ether oxygens (including phenoxy) is 1. The first kappa shape index (κ1) is 25.5. The Morgan fingerprint density at radius 3 is 2.19 bits per heavy atom. The van der Waals surface area contributed by atoms with Gasteiger partial charge in [0.05, 0.1) is 18.1 Å². The van der Waals surface area contributed by atoms with Crippen LogP contribution in [-0.2, 0) is 19.6 Å². The third kappa shape index (κ3) is 5.33. The summed E-state index contributed by atoms with van der Waals surface area (Å²) in [4.78, 5) is 15.3. The van der Waals surface area contributed by atoms with Gasteiger partial charge in [-0.2, -0.15) is 11.8 Å². The number of rotatable bonds is 8. The van der Waals surface area contributed by atoms with E-state index < -0.39 is 10.0 Å². The van der Waals surface area contributed by atoms with E-state index in [-0.39, 0.29) is 24.4 Å². The van der Waals surface area contributed by atoms with Gasteiger partial charge in [-0.05, 0) is 74.6 Å². The summed E-state index contributed by atoms with van der Waals surface area (Å²) in [5.41, 5.74) is 4.64. The van der Waals surface area contributed by atoms with Crippen LogP contribution in [0.4, 0.5) is 0 Å². The molecule has 0 bridgehead atoms. The number of nitrogens with one attached hydrogen (secondary N) is 2. The molecular formula is C23H37N3O4S2. The molecule has 1 atom stereocenters. The maximum Gasteiger partial charge on any atom is 0.241 e. The molecule has 9 heteroatoms. The lowest BCUT2D eigenvalue weighted by atomic mass is 9.95. The summed E-state index contributed by atoms with van der Waals surface area (Å²) in [7, 11) is -3.69. The van der Waals surface area contributed by atoms with Crippen molar-refractivity contribution in [3.05, 3.63) is 27.8 Å². The van der Waals surface area contributed by atoms with Gasteiger partial charge in [-0.15, -0.1) is 0 Å². The molecular weight excluding hydrogens is 446 g/mol. The van der Waals surface area contributed by atoms with Gasteiger partial charge in [0, 0.05) is 43.9 Å². The molecule has 1 aromatic rings. The summed E-state index contributed by atoms with van der Waals surface area (Å²) >= 11 is 1.93. The highest BCUT2D eigenvalue weighted by Crippen LogP contribution is 2.33. The summed E-state index contributed by atoms with van der Waals surface area (Å²) in [6, 6.07) is 0. The number of morpholine rings is 1. The number of benzene rings is 1. The molecule has 2 aliphatic heterocycles. The third-order valence-corrected chi connectivity index (χ3v) is 10.2. The first-order chi connectivity index (χ1) is 15.1. The number of amides is 1. The lowest BCUT2D eigenvalue weighted by Gasteiger charge is -2.43. The van der Waals surface area contributed by atoms with Crippen LogP contribution in [0.25, 0.3) is 0 Å². The molecule has 0 spiro atoms. The van der Waals surface area contributed by atoms with Crippen LogP contribution in [-0.4, -0.2) is 75.7 Å². The monoisotopic (exact) mass is 483 g/mol. The zero-order valence-electron chi connectivity index (χ0n) is 20.0. The number of carbonyl (C=O) groups is 1. The molecule has 0 radical (unpaired) electrons. The fourth-order valence-corrected chi connectivity index (χ4v) is 7.83. The van der Waals surface area contributed by atoms with Crippen molar-refractivity contribution in [1.29, 1.82) is 0 Å². The highest BCUT2D eigenvalue weighted by molar-refractivity contribution is 7.99. The average Bonchev–Trinajstić information content (AvgIpc) is 3.25. The van der Waals surface area contributed by atoms with Crippen molar-refractivity contribution in [2.75, 3.05) is 50.9 Å². The quantitative estimate of drug-likeness (QED) is 0.590. The summed E-state index contributed by atoms with van der Waals surface area (Å²) in [5.74, 6) is 1.98. The number of thioether (sulfide) groups is 1. The van der Waals surface area contributed by atoms with E-state index in [1.165, 1.54) is 0 Å². The molecule has 2 saturated heterocycles. The molecule has 180 valence electrons. The molecule has 1 aromatic carbocycles. The van der Waals surface area contributed by atoms with E-state index in [4.69, 9.17) is 4.74 Å². The highest BCUT2D eigenvalue weighted by atomic mass is 32.2. The van der Waals surface area contributed by atoms with Crippen LogP contribution >= 0.6 is 11.8 Å². The van der Waals surface area contributed by atoms with Crippen LogP contribution in [0, 0.1) is 34.6 Å². The Hall–Kier alpha value is -1.13. The van der Waals surface area contributed by atoms with Crippen molar-refractivity contribution in [3.63, 3.8) is 0 Å². The average molecular weight is 484 g/mol. The van der Waals surface area contributed by atoms with E-state index >= 15 is 0 Å². The van der Waals surface area contributed by atoms with Crippen LogP contribution in [0.5, 0.6) is 0 Å². The van der Waals surface area contributed by atoms with Gasteiger partial charge in [0.1, 0.15) is 0 Å². The Balaban J connectivity index is 1.58. The van der Waals surface area contributed by atoms with Gasteiger partial charge in [-0.3, -0.25) is 9.69 Å². The minimum absolute atomic E-state index is 0.0191. The Kier molecular flexibility index (Phi) is 8.30. The van der Waals surface area contributed by atoms with Gasteiger partial charge in [0.25, 0.3) is 0 Å². The molecule has 1 unspecified atom stereocenters. The van der Waals surface area contributed by atoms with E-state index in [0.717, 1.165) is 72.0 Å². The molecule has 7 nitrogen and oxygen atoms in total. The second-order valence-corrected chi connectivity index (χ2v) is 11.8. The SMILES string of the molecule is Cc1c(C)c(C)c(S(=O)(=O)NCCC(=O)NCC2(N3CCOCC3)CCSC2)c(C)c1C. The van der Waals surface area contributed by atoms with Crippen LogP contribution in [0.15, 0.2) is 4.90 Å². The molecule has 0 aliphatic carbocycles. The Morgan fingerprint density at radius 1 is 1.03 bits per heavy atom. The number of carbonyl (C=O) groups excluding carboxylic acids is 1. The summed E-state index contributed by atoms with van der Waals surface area (Å²) in [5, 5.41) is 3.07. The van der Waals surface area contributed by atoms with Crippen molar-refractivity contribution in [3.8, 4) is 0 Å². The first-order valence-electron chi connectivity index (χ1n) is 11.3. The molecule has 2 N–H and O–H groups in total. The van der Waals surface area contributed by atoms with Crippen molar-refractivity contribution in [1.82, 2.24) is 14.9 Å². The largest absolute Gasteiger partial charge is 0.379 e. The fourth-order valence-electron chi connectivity index (χ4n) is 4.73. The van der Waals surface area contributed by atoms with Crippen LogP contribution in [0.1, 0.15) is 40.7 Å². The lowest BCUT2D eigenvalue weighted by Crippen LogP contribution is -2.59. The van der Waals surface area contributed by atoms with Crippen molar-refractivity contribution in [2.45, 2.75) is 57.9 Å². The standard InChI is InChI=1S/C23H37N3O4S2/c1-16-17(2)19(4)22(20(5)18(16)3)32(28,29)25-8-6-21(27)24-14-23(7-13-31-15-23)26-9-11-30-12-10-26/h25H,6-15H2,1-5H3,(H,24,27). The molecule has 0 aromatic heterocycles. The Labute approximate surface area is 197 Å². The maximum absolute atomic E-state index is 13.0. The topological polar surface area (TPSA) is 87.7 Å². The number of sulfonamides is 1. The molecule has 32 heavy (non-hydrogen) atoms. The Bertz CT molecular complexity index is 921. The fraction of sp³-hybridized carbons (Fsp3) is 0.696. The van der Waals surface area contributed by atoms with E-state index in [0.29, 0.717) is 11.4 Å². The van der Waals surface area contributed by atoms with Gasteiger partial charge in [-0.25, -0.2) is 13.1 Å². The minimum Gasteiger partial charge on any atom is -0.379 e. The van der Waals surface area contributed by atoms with E-state index in [1.54, 1.807) is 0 Å². The number of nitrogens with zero attached hydrogens (tertiary/aromatic N) is 1. The van der Waals surface area contributed by atoms with Crippen LogP contribution in [0.2, 0.25) is 0 Å². The van der Waals surface area contributed by atoms with Gasteiger partial charge in [-0.1, -0.05) is 0 Å². The lowest BCUT2D eigenvalue weighted by molar-refractivity contribution is -0.121. The molecule has 3 rings (SSSR count). The smallest absolute Gasteiger partial charge is 0.241 e. The Morgan fingerprint density at radius 2 is 1.62 bits per heavy atom. The predicted octanol–water partition coefficient (Wildman–Crippen LogP) is 2.22. The molecule has 0 saturated carbocycles. The third-order valence-electron chi connectivity index (χ3n) is 7.22. The van der Waals surface area contributed by atoms with E-state index in [2.05, 4.69) is 14.9 Å². The van der Waals surface area contributed by atoms with Gasteiger partial charge >= 0.3 is 0 Å². The summed E-state index contributed by atoms with van der Waals surface area (Å²) < 4.78 is 34.2. The second kappa shape index (κ2) is 10.4. The van der Waals surface area contributed by atoms with Crippen molar-refractivity contribution in [2.24, 2.45) is 0 Å². The normalized spacial score (nSPS) is 22.3. The van der Waals surface area contributed by atoms with Gasteiger partial charge in [0.2, 0.25) is 15.9 Å². The number of hydrogen-bond acceptors (Lipinski definition) is 6. The van der Waals surface area contributed by atoms with Crippen molar-refractivity contribution < 1.29 is 17.9 Å². The zero-order valence-corrected chi connectivity index (χ0v) is 21.6. The van der Waals surface area contributed by atoms with Crippen molar-refractivity contribution >= 4 is 27.7 Å². The molecule has 2 heterocycles. The molecule has 2 fully saturated rings. The van der Waals surface area contributed by atoms with Gasteiger partial charge in [0.15, 0.2) is 0 Å². The van der Waals surface area contributed by atoms with E-state index in [1.807, 2.05) is 46.4 Å².